The molecule has 0 saturated carbocycles. The molecule has 42 heavy (non-hydrogen) atoms. The molecule has 0 unspecified atom stereocenters. The number of anilines is 1. The zero-order valence-electron chi connectivity index (χ0n) is 24.9. The molecule has 3 aromatic carbocycles. The first-order chi connectivity index (χ1) is 20.0. The van der Waals surface area contributed by atoms with Crippen LogP contribution in [0.15, 0.2) is 83.3 Å². The van der Waals surface area contributed by atoms with Crippen LogP contribution >= 0.6 is 15.9 Å². The van der Waals surface area contributed by atoms with Crippen molar-refractivity contribution in [1.29, 1.82) is 0 Å². The second-order valence-corrected chi connectivity index (χ2v) is 13.5. The largest absolute Gasteiger partial charge is 0.352 e. The Kier molecular flexibility index (Phi) is 12.6. The number of halogens is 1. The number of aryl methyl sites for hydroxylation is 1. The van der Waals surface area contributed by atoms with Crippen molar-refractivity contribution < 1.29 is 18.0 Å². The third kappa shape index (κ3) is 9.98. The van der Waals surface area contributed by atoms with Crippen molar-refractivity contribution in [1.82, 2.24) is 10.2 Å². The van der Waals surface area contributed by atoms with Gasteiger partial charge in [0.15, 0.2) is 0 Å². The normalized spacial score (nSPS) is 12.8. The molecule has 1 N–H and O–H groups in total. The van der Waals surface area contributed by atoms with Crippen molar-refractivity contribution in [2.45, 2.75) is 71.5 Å². The number of nitrogens with zero attached hydrogens (tertiary/aromatic N) is 2. The van der Waals surface area contributed by atoms with Crippen LogP contribution in [0, 0.1) is 0 Å². The minimum atomic E-state index is -3.56. The van der Waals surface area contributed by atoms with Gasteiger partial charge in [-0.05, 0) is 67.1 Å². The number of hydrogen-bond acceptors (Lipinski definition) is 4. The maximum Gasteiger partial charge on any atom is 0.243 e. The number of carbonyl (C=O) groups excluding carboxylic acids is 2. The Morgan fingerprint density at radius 2 is 1.50 bits per heavy atom. The average molecular weight is 657 g/mol. The fraction of sp³-hybridized carbons (Fsp3) is 0.394. The molecule has 0 saturated heterocycles. The summed E-state index contributed by atoms with van der Waals surface area (Å²) in [6.07, 6.45) is 3.57. The van der Waals surface area contributed by atoms with Crippen LogP contribution in [-0.2, 0) is 39.0 Å². The van der Waals surface area contributed by atoms with Crippen LogP contribution in [0.2, 0.25) is 0 Å². The molecule has 226 valence electrons. The van der Waals surface area contributed by atoms with Crippen LogP contribution in [0.1, 0.15) is 56.7 Å². The molecule has 3 aromatic rings. The van der Waals surface area contributed by atoms with Gasteiger partial charge in [0.05, 0.1) is 11.9 Å². The fourth-order valence-corrected chi connectivity index (χ4v) is 5.91. The zero-order chi connectivity index (χ0) is 30.7. The molecule has 0 aliphatic rings. The molecule has 3 rings (SSSR count). The number of carbonyl (C=O) groups is 2. The molecule has 0 spiro atoms. The van der Waals surface area contributed by atoms with Gasteiger partial charge in [-0.15, -0.1) is 0 Å². The lowest BCUT2D eigenvalue weighted by Gasteiger charge is -2.32. The average Bonchev–Trinajstić information content (AvgIpc) is 2.97. The lowest BCUT2D eigenvalue weighted by atomic mass is 10.0. The van der Waals surface area contributed by atoms with Crippen LogP contribution in [0.3, 0.4) is 0 Å². The van der Waals surface area contributed by atoms with Gasteiger partial charge in [-0.2, -0.15) is 0 Å². The molecule has 0 radical (unpaired) electrons. The highest BCUT2D eigenvalue weighted by molar-refractivity contribution is 9.10. The number of nitrogens with one attached hydrogen (secondary N) is 1. The van der Waals surface area contributed by atoms with Crippen molar-refractivity contribution in [2.24, 2.45) is 0 Å². The molecule has 0 aliphatic heterocycles. The molecular weight excluding hydrogens is 614 g/mol. The predicted octanol–water partition coefficient (Wildman–Crippen LogP) is 6.11. The highest BCUT2D eigenvalue weighted by Crippen LogP contribution is 2.22. The van der Waals surface area contributed by atoms with Gasteiger partial charge >= 0.3 is 0 Å². The van der Waals surface area contributed by atoms with E-state index in [1.807, 2.05) is 87.5 Å². The van der Waals surface area contributed by atoms with Gasteiger partial charge in [0.1, 0.15) is 6.04 Å². The van der Waals surface area contributed by atoms with Crippen LogP contribution in [0.25, 0.3) is 0 Å². The first-order valence-corrected chi connectivity index (χ1v) is 17.1. The fourth-order valence-electron chi connectivity index (χ4n) is 4.68. The van der Waals surface area contributed by atoms with Crippen molar-refractivity contribution in [3.8, 4) is 0 Å². The van der Waals surface area contributed by atoms with E-state index in [1.165, 1.54) is 10.6 Å². The third-order valence-electron chi connectivity index (χ3n) is 7.32. The topological polar surface area (TPSA) is 86.8 Å². The first-order valence-electron chi connectivity index (χ1n) is 14.5. The standard InChI is InChI=1S/C33H42BrN3O4S/c1-5-25(3)35-33(39)31(23-27-11-8-7-9-12-27)36(24-28-14-18-29(34)19-15-28)32(38)13-10-22-37(42(4,40)41)30-20-16-26(6-2)17-21-30/h7-9,11-12,14-21,25,31H,5-6,10,13,22-24H2,1-4H3,(H,35,39)/t25-,31+/m1/s1. The molecule has 7 nitrogen and oxygen atoms in total. The summed E-state index contributed by atoms with van der Waals surface area (Å²) in [5.41, 5.74) is 3.54. The van der Waals surface area contributed by atoms with Crippen LogP contribution in [0.4, 0.5) is 5.69 Å². The lowest BCUT2D eigenvalue weighted by Crippen LogP contribution is -2.52. The Morgan fingerprint density at radius 1 is 0.881 bits per heavy atom. The summed E-state index contributed by atoms with van der Waals surface area (Å²) in [4.78, 5) is 29.2. The summed E-state index contributed by atoms with van der Waals surface area (Å²) < 4.78 is 27.6. The van der Waals surface area contributed by atoms with E-state index in [4.69, 9.17) is 0 Å². The van der Waals surface area contributed by atoms with Gasteiger partial charge in [-0.3, -0.25) is 13.9 Å². The number of benzene rings is 3. The number of amides is 2. The molecule has 9 heteroatoms. The molecule has 0 heterocycles. The van der Waals surface area contributed by atoms with Gasteiger partial charge in [0.2, 0.25) is 21.8 Å². The highest BCUT2D eigenvalue weighted by atomic mass is 79.9. The summed E-state index contributed by atoms with van der Waals surface area (Å²) in [5.74, 6) is -0.402. The van der Waals surface area contributed by atoms with E-state index in [0.717, 1.165) is 34.0 Å². The third-order valence-corrected chi connectivity index (χ3v) is 9.05. The Bertz CT molecular complexity index is 1400. The summed E-state index contributed by atoms with van der Waals surface area (Å²) >= 11 is 3.46. The van der Waals surface area contributed by atoms with Crippen molar-refractivity contribution in [3.05, 3.63) is 100 Å². The Balaban J connectivity index is 1.87. The first kappa shape index (κ1) is 33.3. The van der Waals surface area contributed by atoms with Crippen molar-refractivity contribution in [2.75, 3.05) is 17.1 Å². The lowest BCUT2D eigenvalue weighted by molar-refractivity contribution is -0.141. The summed E-state index contributed by atoms with van der Waals surface area (Å²) in [7, 11) is -3.56. The van der Waals surface area contributed by atoms with E-state index in [9.17, 15) is 18.0 Å². The number of hydrogen-bond donors (Lipinski definition) is 1. The van der Waals surface area contributed by atoms with Crippen molar-refractivity contribution in [3.63, 3.8) is 0 Å². The SMILES string of the molecule is CCc1ccc(N(CCCC(=O)N(Cc2ccc(Br)cc2)[C@@H](Cc2ccccc2)C(=O)N[C@H](C)CC)S(C)(=O)=O)cc1. The number of sulfonamides is 1. The quantitative estimate of drug-likeness (QED) is 0.214. The minimum absolute atomic E-state index is 0.0391. The van der Waals surface area contributed by atoms with E-state index in [0.29, 0.717) is 18.5 Å². The summed E-state index contributed by atoms with van der Waals surface area (Å²) in [6.45, 7) is 6.41. The van der Waals surface area contributed by atoms with E-state index >= 15 is 0 Å². The molecule has 2 atom stereocenters. The molecule has 0 fully saturated rings. The van der Waals surface area contributed by atoms with E-state index in [1.54, 1.807) is 17.0 Å². The Hall–Kier alpha value is -3.17. The smallest absolute Gasteiger partial charge is 0.243 e. The second kappa shape index (κ2) is 15.9. The molecular formula is C33H42BrN3O4S. The molecule has 0 aromatic heterocycles. The van der Waals surface area contributed by atoms with Gasteiger partial charge < -0.3 is 10.2 Å². The summed E-state index contributed by atoms with van der Waals surface area (Å²) in [5, 5.41) is 3.08. The van der Waals surface area contributed by atoms with Gasteiger partial charge in [0.25, 0.3) is 0 Å². The Morgan fingerprint density at radius 3 is 2.07 bits per heavy atom. The maximum absolute atomic E-state index is 13.9. The molecule has 2 amide bonds. The highest BCUT2D eigenvalue weighted by Gasteiger charge is 2.31. The zero-order valence-corrected chi connectivity index (χ0v) is 27.3. The monoisotopic (exact) mass is 655 g/mol. The molecule has 0 aliphatic carbocycles. The van der Waals surface area contributed by atoms with Crippen LogP contribution in [0.5, 0.6) is 0 Å². The second-order valence-electron chi connectivity index (χ2n) is 10.6. The Labute approximate surface area is 259 Å². The minimum Gasteiger partial charge on any atom is -0.352 e. The van der Waals surface area contributed by atoms with Crippen molar-refractivity contribution >= 4 is 43.5 Å². The summed E-state index contributed by atoms with van der Waals surface area (Å²) in [6, 6.07) is 24.1. The van der Waals surface area contributed by atoms with E-state index in [-0.39, 0.29) is 37.4 Å². The van der Waals surface area contributed by atoms with E-state index in [2.05, 4.69) is 21.2 Å². The number of rotatable bonds is 15. The van der Waals surface area contributed by atoms with Gasteiger partial charge in [-0.25, -0.2) is 8.42 Å². The van der Waals surface area contributed by atoms with Gasteiger partial charge in [0, 0.05) is 36.4 Å². The predicted molar refractivity (Wildman–Crippen MR) is 174 cm³/mol. The van der Waals surface area contributed by atoms with E-state index < -0.39 is 16.1 Å². The maximum atomic E-state index is 13.9. The van der Waals surface area contributed by atoms with Gasteiger partial charge in [-0.1, -0.05) is 84.4 Å². The molecule has 0 bridgehead atoms. The van der Waals surface area contributed by atoms with Crippen LogP contribution < -0.4 is 9.62 Å². The van der Waals surface area contributed by atoms with Crippen LogP contribution in [-0.4, -0.2) is 50.0 Å².